The Morgan fingerprint density at radius 3 is 2.38 bits per heavy atom. The number of anilines is 1. The summed E-state index contributed by atoms with van der Waals surface area (Å²) in [6, 6.07) is 5.14. The van der Waals surface area contributed by atoms with Crippen molar-refractivity contribution >= 4 is 23.3 Å². The van der Waals surface area contributed by atoms with Crippen molar-refractivity contribution in [3.8, 4) is 0 Å². The highest BCUT2D eigenvalue weighted by Crippen LogP contribution is 2.46. The fourth-order valence-corrected chi connectivity index (χ4v) is 4.31. The number of carboxylic acids is 1. The average molecular weight is 308 g/mol. The lowest BCUT2D eigenvalue weighted by Gasteiger charge is -2.45. The van der Waals surface area contributed by atoms with Gasteiger partial charge in [-0.3, -0.25) is 0 Å². The molecule has 1 spiro atoms. The van der Waals surface area contributed by atoms with E-state index in [1.54, 1.807) is 18.2 Å². The van der Waals surface area contributed by atoms with E-state index in [2.05, 4.69) is 4.90 Å². The molecule has 1 saturated heterocycles. The molecule has 1 N–H and O–H groups in total. The molecule has 4 heteroatoms. The first-order valence-corrected chi connectivity index (χ1v) is 8.26. The number of aromatic carboxylic acids is 1. The van der Waals surface area contributed by atoms with E-state index in [-0.39, 0.29) is 0 Å². The summed E-state index contributed by atoms with van der Waals surface area (Å²) >= 11 is 6.28. The Balaban J connectivity index is 1.79. The van der Waals surface area contributed by atoms with Crippen LogP contribution in [0.3, 0.4) is 0 Å². The van der Waals surface area contributed by atoms with Gasteiger partial charge in [-0.15, -0.1) is 0 Å². The van der Waals surface area contributed by atoms with Crippen LogP contribution in [0.15, 0.2) is 18.2 Å². The molecule has 114 valence electrons. The first kappa shape index (κ1) is 14.7. The Morgan fingerprint density at radius 2 is 1.76 bits per heavy atom. The number of carbonyl (C=O) groups is 1. The van der Waals surface area contributed by atoms with E-state index >= 15 is 0 Å². The summed E-state index contributed by atoms with van der Waals surface area (Å²) in [6.07, 6.45) is 9.09. The number of piperidine rings is 1. The van der Waals surface area contributed by atoms with Gasteiger partial charge in [-0.1, -0.05) is 36.9 Å². The summed E-state index contributed by atoms with van der Waals surface area (Å²) in [7, 11) is 0. The third-order valence-corrected chi connectivity index (χ3v) is 5.58. The van der Waals surface area contributed by atoms with Crippen molar-refractivity contribution in [1.29, 1.82) is 0 Å². The van der Waals surface area contributed by atoms with Gasteiger partial charge in [0.25, 0.3) is 0 Å². The smallest absolute Gasteiger partial charge is 0.337 e. The molecule has 0 atom stereocenters. The number of hydrogen-bond acceptors (Lipinski definition) is 2. The van der Waals surface area contributed by atoms with E-state index < -0.39 is 5.97 Å². The molecule has 0 bridgehead atoms. The highest BCUT2D eigenvalue weighted by atomic mass is 35.5. The lowest BCUT2D eigenvalue weighted by molar-refractivity contribution is 0.0697. The molecule has 3 rings (SSSR count). The number of halogens is 1. The number of carboxylic acid groups (broad SMARTS) is 1. The van der Waals surface area contributed by atoms with Crippen molar-refractivity contribution < 1.29 is 9.90 Å². The molecule has 0 aromatic heterocycles. The van der Waals surface area contributed by atoms with Crippen LogP contribution >= 0.6 is 11.6 Å². The Hall–Kier alpha value is -1.22. The van der Waals surface area contributed by atoms with E-state index in [0.29, 0.717) is 21.7 Å². The van der Waals surface area contributed by atoms with Gasteiger partial charge in [-0.25, -0.2) is 4.79 Å². The van der Waals surface area contributed by atoms with Crippen LogP contribution < -0.4 is 4.90 Å². The summed E-state index contributed by atoms with van der Waals surface area (Å²) in [5.74, 6) is -0.898. The molecule has 1 saturated carbocycles. The number of nitrogens with zero attached hydrogens (tertiary/aromatic N) is 1. The van der Waals surface area contributed by atoms with Crippen molar-refractivity contribution in [2.24, 2.45) is 5.41 Å². The quantitative estimate of drug-likeness (QED) is 0.868. The third kappa shape index (κ3) is 2.89. The molecule has 2 fully saturated rings. The van der Waals surface area contributed by atoms with E-state index in [0.717, 1.165) is 25.9 Å². The normalized spacial score (nSPS) is 21.5. The topological polar surface area (TPSA) is 40.5 Å². The van der Waals surface area contributed by atoms with Gasteiger partial charge in [0.1, 0.15) is 0 Å². The molecule has 1 aromatic carbocycles. The predicted octanol–water partition coefficient (Wildman–Crippen LogP) is 4.59. The lowest BCUT2D eigenvalue weighted by atomic mass is 9.68. The highest BCUT2D eigenvalue weighted by molar-refractivity contribution is 6.34. The van der Waals surface area contributed by atoms with Crippen molar-refractivity contribution in [2.75, 3.05) is 18.0 Å². The van der Waals surface area contributed by atoms with E-state index in [1.807, 2.05) is 0 Å². The molecule has 21 heavy (non-hydrogen) atoms. The maximum Gasteiger partial charge on any atom is 0.337 e. The maximum atomic E-state index is 11.4. The molecule has 0 amide bonds. The van der Waals surface area contributed by atoms with Crippen LogP contribution in [0.5, 0.6) is 0 Å². The second-order valence-electron chi connectivity index (χ2n) is 6.49. The molecule has 0 radical (unpaired) electrons. The molecule has 1 aliphatic heterocycles. The van der Waals surface area contributed by atoms with Crippen LogP contribution in [0.1, 0.15) is 55.3 Å². The molecular weight excluding hydrogens is 286 g/mol. The molecule has 1 aromatic rings. The van der Waals surface area contributed by atoms with Gasteiger partial charge >= 0.3 is 5.97 Å². The number of hydrogen-bond donors (Lipinski definition) is 1. The van der Waals surface area contributed by atoms with Gasteiger partial charge in [0.15, 0.2) is 0 Å². The third-order valence-electron chi connectivity index (χ3n) is 5.27. The minimum atomic E-state index is -0.898. The average Bonchev–Trinajstić information content (AvgIpc) is 2.49. The number of benzene rings is 1. The zero-order valence-electron chi connectivity index (χ0n) is 12.3. The largest absolute Gasteiger partial charge is 0.478 e. The molecule has 1 heterocycles. The summed E-state index contributed by atoms with van der Waals surface area (Å²) in [4.78, 5) is 13.6. The van der Waals surface area contributed by atoms with E-state index in [4.69, 9.17) is 11.6 Å². The summed E-state index contributed by atoms with van der Waals surface area (Å²) in [6.45, 7) is 1.84. The monoisotopic (exact) mass is 307 g/mol. The maximum absolute atomic E-state index is 11.4. The second kappa shape index (κ2) is 5.88. The van der Waals surface area contributed by atoms with Crippen LogP contribution in [0.2, 0.25) is 5.02 Å². The molecule has 0 unspecified atom stereocenters. The van der Waals surface area contributed by atoms with Gasteiger partial charge in [0.2, 0.25) is 0 Å². The Bertz CT molecular complexity index is 528. The molecule has 1 aliphatic carbocycles. The first-order valence-electron chi connectivity index (χ1n) is 7.88. The van der Waals surface area contributed by atoms with Crippen LogP contribution in [-0.4, -0.2) is 24.2 Å². The SMILES string of the molecule is O=C(O)c1cccc(Cl)c1N1CCC2(CCCCC2)CC1. The first-order chi connectivity index (χ1) is 10.1. The Labute approximate surface area is 130 Å². The molecule has 2 aliphatic rings. The van der Waals surface area contributed by atoms with Crippen LogP contribution in [-0.2, 0) is 0 Å². The zero-order chi connectivity index (χ0) is 14.9. The summed E-state index contributed by atoms with van der Waals surface area (Å²) < 4.78 is 0. The van der Waals surface area contributed by atoms with Gasteiger partial charge < -0.3 is 10.0 Å². The zero-order valence-corrected chi connectivity index (χ0v) is 13.0. The van der Waals surface area contributed by atoms with Crippen molar-refractivity contribution in [3.05, 3.63) is 28.8 Å². The standard InChI is InChI=1S/C17H22ClNO2/c18-14-6-4-5-13(16(20)21)15(14)19-11-9-17(10-12-19)7-2-1-3-8-17/h4-6H,1-3,7-12H2,(H,20,21). The van der Waals surface area contributed by atoms with Gasteiger partial charge in [0, 0.05) is 13.1 Å². The minimum absolute atomic E-state index is 0.321. The predicted molar refractivity (Wildman–Crippen MR) is 85.4 cm³/mol. The van der Waals surface area contributed by atoms with Gasteiger partial charge in [0.05, 0.1) is 16.3 Å². The van der Waals surface area contributed by atoms with Crippen molar-refractivity contribution in [3.63, 3.8) is 0 Å². The van der Waals surface area contributed by atoms with E-state index in [1.165, 1.54) is 32.1 Å². The van der Waals surface area contributed by atoms with Crippen LogP contribution in [0.4, 0.5) is 5.69 Å². The van der Waals surface area contributed by atoms with Crippen molar-refractivity contribution in [1.82, 2.24) is 0 Å². The Kier molecular flexibility index (Phi) is 4.12. The summed E-state index contributed by atoms with van der Waals surface area (Å²) in [5, 5.41) is 9.93. The summed E-state index contributed by atoms with van der Waals surface area (Å²) in [5.41, 5.74) is 1.54. The van der Waals surface area contributed by atoms with Crippen LogP contribution in [0.25, 0.3) is 0 Å². The highest BCUT2D eigenvalue weighted by Gasteiger charge is 2.36. The Morgan fingerprint density at radius 1 is 1.10 bits per heavy atom. The second-order valence-corrected chi connectivity index (χ2v) is 6.90. The lowest BCUT2D eigenvalue weighted by Crippen LogP contribution is -2.41. The fraction of sp³-hybridized carbons (Fsp3) is 0.588. The van der Waals surface area contributed by atoms with Crippen molar-refractivity contribution in [2.45, 2.75) is 44.9 Å². The number of para-hydroxylation sites is 1. The molecule has 3 nitrogen and oxygen atoms in total. The fourth-order valence-electron chi connectivity index (χ4n) is 4.02. The van der Waals surface area contributed by atoms with Gasteiger partial charge in [-0.05, 0) is 43.2 Å². The molecular formula is C17H22ClNO2. The number of rotatable bonds is 2. The van der Waals surface area contributed by atoms with Gasteiger partial charge in [-0.2, -0.15) is 0 Å². The van der Waals surface area contributed by atoms with E-state index in [9.17, 15) is 9.90 Å². The minimum Gasteiger partial charge on any atom is -0.478 e. The van der Waals surface area contributed by atoms with Crippen LogP contribution in [0, 0.1) is 5.41 Å².